The number of nitrogens with zero attached hydrogens (tertiary/aromatic N) is 2. The lowest BCUT2D eigenvalue weighted by molar-refractivity contribution is 0.558. The predicted molar refractivity (Wildman–Crippen MR) is 193 cm³/mol. The Morgan fingerprint density at radius 1 is 0.844 bits per heavy atom. The summed E-state index contributed by atoms with van der Waals surface area (Å²) in [6, 6.07) is 19.5. The zero-order valence-electron chi connectivity index (χ0n) is 29.0. The normalized spacial score (nSPS) is 12.7. The van der Waals surface area contributed by atoms with Crippen molar-refractivity contribution in [2.24, 2.45) is 7.05 Å². The number of hydrogen-bond donors (Lipinski definition) is 1. The van der Waals surface area contributed by atoms with Crippen LogP contribution < -0.4 is 5.32 Å². The fourth-order valence-corrected chi connectivity index (χ4v) is 6.66. The van der Waals surface area contributed by atoms with Crippen LogP contribution in [0.2, 0.25) is 0 Å². The lowest BCUT2D eigenvalue weighted by atomic mass is 9.81. The van der Waals surface area contributed by atoms with Gasteiger partial charge in [-0.25, -0.2) is 4.98 Å². The van der Waals surface area contributed by atoms with Crippen molar-refractivity contribution < 1.29 is 4.42 Å². The van der Waals surface area contributed by atoms with Gasteiger partial charge in [-0.05, 0) is 63.1 Å². The summed E-state index contributed by atoms with van der Waals surface area (Å²) in [4.78, 5) is 5.49. The second-order valence-electron chi connectivity index (χ2n) is 13.7. The van der Waals surface area contributed by atoms with E-state index in [2.05, 4.69) is 134 Å². The van der Waals surface area contributed by atoms with Crippen molar-refractivity contribution in [3.8, 4) is 11.3 Å². The largest absolute Gasteiger partial charge is 0.460 e. The summed E-state index contributed by atoms with van der Waals surface area (Å²) in [6.45, 7) is 24.7. The highest BCUT2D eigenvalue weighted by Gasteiger charge is 2.30. The zero-order valence-corrected chi connectivity index (χ0v) is 29.0. The highest BCUT2D eigenvalue weighted by atomic mass is 16.3. The van der Waals surface area contributed by atoms with Gasteiger partial charge in [-0.3, -0.25) is 0 Å². The summed E-state index contributed by atoms with van der Waals surface area (Å²) in [5, 5.41) is 5.21. The van der Waals surface area contributed by atoms with Crippen LogP contribution in [0.1, 0.15) is 137 Å². The number of aryl methyl sites for hydroxylation is 2. The smallest absolute Gasteiger partial charge is 0.136 e. The lowest BCUT2D eigenvalue weighted by Gasteiger charge is -2.31. The van der Waals surface area contributed by atoms with Crippen LogP contribution >= 0.6 is 0 Å². The molecule has 1 unspecified atom stereocenters. The number of furan rings is 1. The molecular weight excluding hydrogens is 550 g/mol. The molecule has 0 spiro atoms. The molecule has 236 valence electrons. The molecule has 4 heteroatoms. The summed E-state index contributed by atoms with van der Waals surface area (Å²) in [6.07, 6.45) is 4.94. The number of anilines is 1. The Kier molecular flexibility index (Phi) is 9.44. The SMILES string of the molecule is C=Cc1cccc(C(C)C)c1NC(c1c(C(C)C)cc(C(C)C)cc1C(C)C)c1nc(-c2c(CC)oc3ccccc23)cn1C. The second-order valence-corrected chi connectivity index (χ2v) is 13.7. The van der Waals surface area contributed by atoms with Gasteiger partial charge in [-0.2, -0.15) is 0 Å². The van der Waals surface area contributed by atoms with Gasteiger partial charge in [0.25, 0.3) is 0 Å². The monoisotopic (exact) mass is 601 g/mol. The quantitative estimate of drug-likeness (QED) is 0.164. The minimum absolute atomic E-state index is 0.193. The van der Waals surface area contributed by atoms with Crippen LogP contribution in [0, 0.1) is 0 Å². The maximum Gasteiger partial charge on any atom is 0.136 e. The zero-order chi connectivity index (χ0) is 32.6. The van der Waals surface area contributed by atoms with E-state index in [0.717, 1.165) is 51.5 Å². The van der Waals surface area contributed by atoms with Crippen molar-refractivity contribution in [1.29, 1.82) is 0 Å². The summed E-state index contributed by atoms with van der Waals surface area (Å²) >= 11 is 0. The molecule has 3 aromatic carbocycles. The van der Waals surface area contributed by atoms with E-state index in [4.69, 9.17) is 9.40 Å². The summed E-state index contributed by atoms with van der Waals surface area (Å²) in [5.41, 5.74) is 11.9. The minimum atomic E-state index is -0.193. The van der Waals surface area contributed by atoms with Gasteiger partial charge in [-0.1, -0.05) is 123 Å². The molecule has 0 radical (unpaired) electrons. The Morgan fingerprint density at radius 3 is 2.07 bits per heavy atom. The number of fused-ring (bicyclic) bond motifs is 1. The van der Waals surface area contributed by atoms with Crippen LogP contribution in [0.5, 0.6) is 0 Å². The number of nitrogens with one attached hydrogen (secondary N) is 1. The topological polar surface area (TPSA) is 43.0 Å². The number of imidazole rings is 1. The van der Waals surface area contributed by atoms with E-state index in [1.165, 1.54) is 27.8 Å². The van der Waals surface area contributed by atoms with E-state index in [-0.39, 0.29) is 6.04 Å². The minimum Gasteiger partial charge on any atom is -0.460 e. The molecule has 5 aromatic rings. The van der Waals surface area contributed by atoms with E-state index >= 15 is 0 Å². The molecule has 2 aromatic heterocycles. The standard InChI is InChI=1S/C41H51N3O/c1-12-28-17-16-19-30(25(5)6)39(28)43-40(37-32(26(7)8)21-29(24(3)4)22-33(37)27(9)10)41-42-34(23-44(41)11)38-31-18-14-15-20-36(31)45-35(38)13-2/h12,14-27,40,43H,1,13H2,2-11H3. The van der Waals surface area contributed by atoms with Gasteiger partial charge in [0.05, 0.1) is 11.3 Å². The van der Waals surface area contributed by atoms with Crippen LogP contribution in [0.4, 0.5) is 5.69 Å². The van der Waals surface area contributed by atoms with Gasteiger partial charge < -0.3 is 14.3 Å². The third-order valence-corrected chi connectivity index (χ3v) is 9.14. The molecular formula is C41H51N3O. The number of hydrogen-bond acceptors (Lipinski definition) is 3. The lowest BCUT2D eigenvalue weighted by Crippen LogP contribution is -2.22. The molecule has 0 amide bonds. The summed E-state index contributed by atoms with van der Waals surface area (Å²) in [5.74, 6) is 3.40. The highest BCUT2D eigenvalue weighted by molar-refractivity contribution is 5.94. The third kappa shape index (κ3) is 6.12. The van der Waals surface area contributed by atoms with Crippen LogP contribution in [-0.2, 0) is 13.5 Å². The molecule has 0 saturated heterocycles. The fraction of sp³-hybridized carbons (Fsp3) is 0.390. The Bertz CT molecular complexity index is 1790. The van der Waals surface area contributed by atoms with Crippen molar-refractivity contribution in [3.05, 3.63) is 112 Å². The highest BCUT2D eigenvalue weighted by Crippen LogP contribution is 2.43. The van der Waals surface area contributed by atoms with Gasteiger partial charge in [0.2, 0.25) is 0 Å². The van der Waals surface area contributed by atoms with Gasteiger partial charge in [-0.15, -0.1) is 0 Å². The van der Waals surface area contributed by atoms with E-state index in [1.54, 1.807) is 0 Å². The Morgan fingerprint density at radius 2 is 1.49 bits per heavy atom. The maximum atomic E-state index is 6.33. The summed E-state index contributed by atoms with van der Waals surface area (Å²) < 4.78 is 8.54. The molecule has 0 fully saturated rings. The molecule has 0 aliphatic rings. The van der Waals surface area contributed by atoms with Gasteiger partial charge in [0.15, 0.2) is 0 Å². The van der Waals surface area contributed by atoms with Crippen molar-refractivity contribution in [2.45, 2.75) is 98.4 Å². The van der Waals surface area contributed by atoms with Crippen LogP contribution in [0.15, 0.2) is 71.8 Å². The first-order valence-corrected chi connectivity index (χ1v) is 16.7. The predicted octanol–water partition coefficient (Wildman–Crippen LogP) is 11.7. The first kappa shape index (κ1) is 32.3. The molecule has 0 aliphatic heterocycles. The van der Waals surface area contributed by atoms with Crippen LogP contribution in [0.25, 0.3) is 28.3 Å². The molecule has 0 bridgehead atoms. The van der Waals surface area contributed by atoms with Crippen LogP contribution in [-0.4, -0.2) is 9.55 Å². The number of para-hydroxylation sites is 2. The third-order valence-electron chi connectivity index (χ3n) is 9.14. The molecule has 45 heavy (non-hydrogen) atoms. The molecule has 2 heterocycles. The number of benzene rings is 3. The number of aromatic nitrogens is 2. The number of rotatable bonds is 11. The molecule has 5 rings (SSSR count). The van der Waals surface area contributed by atoms with Gasteiger partial charge in [0, 0.05) is 30.7 Å². The van der Waals surface area contributed by atoms with Crippen molar-refractivity contribution >= 4 is 22.7 Å². The van der Waals surface area contributed by atoms with Crippen LogP contribution in [0.3, 0.4) is 0 Å². The van der Waals surface area contributed by atoms with Crippen molar-refractivity contribution in [1.82, 2.24) is 9.55 Å². The average molecular weight is 602 g/mol. The first-order valence-electron chi connectivity index (χ1n) is 16.7. The molecule has 1 atom stereocenters. The second kappa shape index (κ2) is 13.1. The molecule has 0 saturated carbocycles. The average Bonchev–Trinajstić information content (AvgIpc) is 3.58. The molecule has 4 nitrogen and oxygen atoms in total. The maximum absolute atomic E-state index is 6.33. The molecule has 1 N–H and O–H groups in total. The first-order chi connectivity index (χ1) is 21.5. The van der Waals surface area contributed by atoms with E-state index in [9.17, 15) is 0 Å². The van der Waals surface area contributed by atoms with Crippen molar-refractivity contribution in [3.63, 3.8) is 0 Å². The summed E-state index contributed by atoms with van der Waals surface area (Å²) in [7, 11) is 2.13. The van der Waals surface area contributed by atoms with E-state index in [0.29, 0.717) is 23.7 Å². The molecule has 0 aliphatic carbocycles. The Balaban J connectivity index is 1.83. The van der Waals surface area contributed by atoms with E-state index < -0.39 is 0 Å². The van der Waals surface area contributed by atoms with Gasteiger partial charge in [0.1, 0.15) is 23.2 Å². The fourth-order valence-electron chi connectivity index (χ4n) is 6.66. The Hall–Kier alpha value is -4.05. The van der Waals surface area contributed by atoms with E-state index in [1.807, 2.05) is 18.2 Å². The Labute approximate surface area is 270 Å². The van der Waals surface area contributed by atoms with Crippen molar-refractivity contribution in [2.75, 3.05) is 5.32 Å². The van der Waals surface area contributed by atoms with Gasteiger partial charge >= 0.3 is 0 Å².